The highest BCUT2D eigenvalue weighted by atomic mass is 32.1. The van der Waals surface area contributed by atoms with E-state index in [1.165, 1.54) is 0 Å². The van der Waals surface area contributed by atoms with Crippen molar-refractivity contribution in [1.82, 2.24) is 9.80 Å². The highest BCUT2D eigenvalue weighted by Gasteiger charge is 2.30. The monoisotopic (exact) mass is 307 g/mol. The average Bonchev–Trinajstić information content (AvgIpc) is 2.43. The summed E-state index contributed by atoms with van der Waals surface area (Å²) in [6, 6.07) is 7.68. The number of ether oxygens (including phenoxy) is 1. The quantitative estimate of drug-likeness (QED) is 0.839. The number of thiocarbonyl (C=S) groups is 1. The molecule has 1 aliphatic heterocycles. The Morgan fingerprint density at radius 3 is 2.71 bits per heavy atom. The van der Waals surface area contributed by atoms with Gasteiger partial charge < -0.3 is 10.5 Å². The first-order chi connectivity index (χ1) is 9.90. The summed E-state index contributed by atoms with van der Waals surface area (Å²) in [5, 5.41) is 0. The Balaban J connectivity index is 1.87. The predicted octanol–water partition coefficient (Wildman–Crippen LogP) is 1.73. The molecule has 4 nitrogen and oxygen atoms in total. The Hall–Kier alpha value is -1.17. The van der Waals surface area contributed by atoms with E-state index >= 15 is 0 Å². The molecule has 1 aromatic rings. The van der Waals surface area contributed by atoms with E-state index in [1.54, 1.807) is 0 Å². The lowest BCUT2D eigenvalue weighted by molar-refractivity contribution is 0.0338. The van der Waals surface area contributed by atoms with Gasteiger partial charge in [0.25, 0.3) is 0 Å². The first-order valence-electron chi connectivity index (χ1n) is 7.35. The Morgan fingerprint density at radius 1 is 1.33 bits per heavy atom. The summed E-state index contributed by atoms with van der Waals surface area (Å²) in [5.74, 6) is 0.776. The van der Waals surface area contributed by atoms with Crippen LogP contribution < -0.4 is 10.5 Å². The fourth-order valence-corrected chi connectivity index (χ4v) is 2.78. The van der Waals surface area contributed by atoms with Crippen LogP contribution in [0.1, 0.15) is 19.4 Å². The van der Waals surface area contributed by atoms with Crippen molar-refractivity contribution in [3.05, 3.63) is 29.8 Å². The largest absolute Gasteiger partial charge is 0.492 e. The van der Waals surface area contributed by atoms with Crippen molar-refractivity contribution < 1.29 is 4.74 Å². The summed E-state index contributed by atoms with van der Waals surface area (Å²) in [6.07, 6.45) is 0. The third-order valence-corrected chi connectivity index (χ3v) is 4.43. The van der Waals surface area contributed by atoms with Crippen molar-refractivity contribution in [1.29, 1.82) is 0 Å². The Labute approximate surface area is 132 Å². The van der Waals surface area contributed by atoms with Crippen LogP contribution in [0, 0.1) is 0 Å². The average molecular weight is 307 g/mol. The molecule has 0 bridgehead atoms. The van der Waals surface area contributed by atoms with Gasteiger partial charge in [-0.05, 0) is 33.0 Å². The second-order valence-electron chi connectivity index (χ2n) is 6.22. The Bertz CT molecular complexity index is 504. The first kappa shape index (κ1) is 16.2. The molecule has 0 aliphatic carbocycles. The molecule has 0 radical (unpaired) electrons. The van der Waals surface area contributed by atoms with Crippen LogP contribution in [0.2, 0.25) is 0 Å². The summed E-state index contributed by atoms with van der Waals surface area (Å²) in [6.45, 7) is 9.37. The fourth-order valence-electron chi connectivity index (χ4n) is 2.61. The minimum absolute atomic E-state index is 0.217. The van der Waals surface area contributed by atoms with E-state index < -0.39 is 0 Å². The second kappa shape index (κ2) is 6.73. The molecule has 0 atom stereocenters. The molecule has 5 heteroatoms. The fraction of sp³-hybridized carbons (Fsp3) is 0.562. The van der Waals surface area contributed by atoms with Crippen molar-refractivity contribution in [2.75, 3.05) is 39.8 Å². The van der Waals surface area contributed by atoms with Gasteiger partial charge in [0.1, 0.15) is 17.3 Å². The number of piperazine rings is 1. The van der Waals surface area contributed by atoms with Crippen LogP contribution >= 0.6 is 12.2 Å². The van der Waals surface area contributed by atoms with E-state index in [-0.39, 0.29) is 5.54 Å². The van der Waals surface area contributed by atoms with Crippen molar-refractivity contribution in [3.8, 4) is 5.75 Å². The SMILES string of the molecule is CN1CCN(CCOc2ccccc2C(N)=S)CC1(C)C. The summed E-state index contributed by atoms with van der Waals surface area (Å²) in [7, 11) is 2.19. The molecule has 0 unspecified atom stereocenters. The molecule has 0 saturated carbocycles. The lowest BCUT2D eigenvalue weighted by atomic mass is 10.00. The van der Waals surface area contributed by atoms with Gasteiger partial charge in [-0.25, -0.2) is 0 Å². The zero-order valence-corrected chi connectivity index (χ0v) is 13.9. The van der Waals surface area contributed by atoms with Crippen molar-refractivity contribution >= 4 is 17.2 Å². The third-order valence-electron chi connectivity index (χ3n) is 4.21. The zero-order valence-electron chi connectivity index (χ0n) is 13.1. The number of nitrogens with two attached hydrogens (primary N) is 1. The maximum atomic E-state index is 5.87. The van der Waals surface area contributed by atoms with Crippen molar-refractivity contribution in [2.45, 2.75) is 19.4 Å². The van der Waals surface area contributed by atoms with Crippen LogP contribution in [0.4, 0.5) is 0 Å². The van der Waals surface area contributed by atoms with Crippen LogP contribution in [0.5, 0.6) is 5.75 Å². The van der Waals surface area contributed by atoms with E-state index in [9.17, 15) is 0 Å². The molecule has 0 amide bonds. The number of hydrogen-bond donors (Lipinski definition) is 1. The van der Waals surface area contributed by atoms with Crippen molar-refractivity contribution in [3.63, 3.8) is 0 Å². The molecule has 1 aliphatic rings. The predicted molar refractivity (Wildman–Crippen MR) is 91.0 cm³/mol. The van der Waals surface area contributed by atoms with Gasteiger partial charge in [-0.2, -0.15) is 0 Å². The van der Waals surface area contributed by atoms with Crippen LogP contribution in [0.15, 0.2) is 24.3 Å². The van der Waals surface area contributed by atoms with Crippen LogP contribution in [-0.4, -0.2) is 60.2 Å². The molecule has 116 valence electrons. The number of benzene rings is 1. The van der Waals surface area contributed by atoms with E-state index in [2.05, 4.69) is 30.7 Å². The molecule has 1 aromatic carbocycles. The van der Waals surface area contributed by atoms with Gasteiger partial charge in [0.05, 0.1) is 5.56 Å². The maximum Gasteiger partial charge on any atom is 0.129 e. The summed E-state index contributed by atoms with van der Waals surface area (Å²) >= 11 is 5.05. The molecule has 1 fully saturated rings. The molecule has 2 N–H and O–H groups in total. The van der Waals surface area contributed by atoms with Gasteiger partial charge >= 0.3 is 0 Å². The summed E-state index contributed by atoms with van der Waals surface area (Å²) in [5.41, 5.74) is 6.74. The van der Waals surface area contributed by atoms with Gasteiger partial charge in [-0.3, -0.25) is 9.80 Å². The number of hydrogen-bond acceptors (Lipinski definition) is 4. The molecule has 0 spiro atoms. The molecule has 1 saturated heterocycles. The minimum Gasteiger partial charge on any atom is -0.492 e. The Morgan fingerprint density at radius 2 is 2.05 bits per heavy atom. The normalized spacial score (nSPS) is 19.4. The molecular weight excluding hydrogens is 282 g/mol. The zero-order chi connectivity index (χ0) is 15.5. The lowest BCUT2D eigenvalue weighted by Crippen LogP contribution is -2.58. The maximum absolute atomic E-state index is 5.87. The molecular formula is C16H25N3OS. The molecule has 1 heterocycles. The van der Waals surface area contributed by atoms with Gasteiger partial charge in [-0.15, -0.1) is 0 Å². The highest BCUT2D eigenvalue weighted by Crippen LogP contribution is 2.20. The van der Waals surface area contributed by atoms with E-state index in [1.807, 2.05) is 24.3 Å². The van der Waals surface area contributed by atoms with E-state index in [4.69, 9.17) is 22.7 Å². The minimum atomic E-state index is 0.217. The molecule has 2 rings (SSSR count). The lowest BCUT2D eigenvalue weighted by Gasteiger charge is -2.45. The highest BCUT2D eigenvalue weighted by molar-refractivity contribution is 7.80. The van der Waals surface area contributed by atoms with Crippen LogP contribution in [0.25, 0.3) is 0 Å². The molecule has 0 aromatic heterocycles. The number of likely N-dealkylation sites (N-methyl/N-ethyl adjacent to an activating group) is 1. The summed E-state index contributed by atoms with van der Waals surface area (Å²) < 4.78 is 5.87. The van der Waals surface area contributed by atoms with Crippen molar-refractivity contribution in [2.24, 2.45) is 5.73 Å². The van der Waals surface area contributed by atoms with E-state index in [0.29, 0.717) is 11.6 Å². The molecule has 21 heavy (non-hydrogen) atoms. The van der Waals surface area contributed by atoms with Crippen LogP contribution in [0.3, 0.4) is 0 Å². The standard InChI is InChI=1S/C16H25N3OS/c1-16(2)12-19(9-8-18(16)3)10-11-20-14-7-5-4-6-13(14)15(17)21/h4-7H,8-12H2,1-3H3,(H2,17,21). The second-order valence-corrected chi connectivity index (χ2v) is 6.66. The van der Waals surface area contributed by atoms with Gasteiger partial charge in [-0.1, -0.05) is 24.4 Å². The third kappa shape index (κ3) is 4.15. The number of nitrogens with zero attached hydrogens (tertiary/aromatic N) is 2. The summed E-state index contributed by atoms with van der Waals surface area (Å²) in [4.78, 5) is 5.24. The first-order valence-corrected chi connectivity index (χ1v) is 7.76. The Kier molecular flexibility index (Phi) is 5.19. The topological polar surface area (TPSA) is 41.7 Å². The van der Waals surface area contributed by atoms with Gasteiger partial charge in [0.15, 0.2) is 0 Å². The number of para-hydroxylation sites is 1. The smallest absolute Gasteiger partial charge is 0.129 e. The van der Waals surface area contributed by atoms with Gasteiger partial charge in [0, 0.05) is 31.7 Å². The van der Waals surface area contributed by atoms with Crippen LogP contribution in [-0.2, 0) is 0 Å². The van der Waals surface area contributed by atoms with Gasteiger partial charge in [0.2, 0.25) is 0 Å². The van der Waals surface area contributed by atoms with E-state index in [0.717, 1.165) is 37.5 Å². The number of rotatable bonds is 5.